The zero-order valence-electron chi connectivity index (χ0n) is 18.7. The van der Waals surface area contributed by atoms with Crippen LogP contribution in [0, 0.1) is 5.92 Å². The summed E-state index contributed by atoms with van der Waals surface area (Å²) in [4.78, 5) is 52.8. The number of amides is 3. The van der Waals surface area contributed by atoms with Gasteiger partial charge in [0.05, 0.1) is 12.1 Å². The van der Waals surface area contributed by atoms with Crippen LogP contribution in [-0.4, -0.2) is 59.1 Å². The number of carbonyl (C=O) groups excluding carboxylic acids is 4. The normalized spacial score (nSPS) is 31.6. The van der Waals surface area contributed by atoms with Gasteiger partial charge < -0.3 is 21.3 Å². The molecule has 8 heteroatoms. The molecule has 174 valence electrons. The lowest BCUT2D eigenvalue weighted by Gasteiger charge is -2.28. The molecule has 0 aromatic rings. The van der Waals surface area contributed by atoms with Gasteiger partial charge in [0, 0.05) is 12.6 Å². The number of rotatable bonds is 3. The molecule has 2 saturated heterocycles. The fourth-order valence-corrected chi connectivity index (χ4v) is 4.65. The van der Waals surface area contributed by atoms with Crippen molar-refractivity contribution in [2.45, 2.75) is 108 Å². The Balaban J connectivity index is 1.72. The zero-order chi connectivity index (χ0) is 22.4. The van der Waals surface area contributed by atoms with Gasteiger partial charge in [0.15, 0.2) is 0 Å². The Bertz CT molecular complexity index is 678. The third-order valence-electron chi connectivity index (χ3n) is 6.69. The van der Waals surface area contributed by atoms with Crippen molar-refractivity contribution in [2.24, 2.45) is 11.7 Å². The van der Waals surface area contributed by atoms with Crippen LogP contribution in [0.25, 0.3) is 0 Å². The van der Waals surface area contributed by atoms with Crippen molar-refractivity contribution < 1.29 is 19.2 Å². The molecule has 3 aliphatic rings. The molecule has 4 atom stereocenters. The molecule has 3 fully saturated rings. The maximum absolute atomic E-state index is 13.1. The van der Waals surface area contributed by atoms with Gasteiger partial charge in [-0.05, 0) is 38.0 Å². The average molecular weight is 435 g/mol. The molecular formula is C23H38N4O4. The smallest absolute Gasteiger partial charge is 0.289 e. The van der Waals surface area contributed by atoms with Crippen LogP contribution in [-0.2, 0) is 19.2 Å². The predicted octanol–water partition coefficient (Wildman–Crippen LogP) is 1.41. The summed E-state index contributed by atoms with van der Waals surface area (Å²) in [5, 5.41) is 5.55. The van der Waals surface area contributed by atoms with E-state index in [9.17, 15) is 19.2 Å². The number of hydrogen-bond acceptors (Lipinski definition) is 5. The minimum Gasteiger partial charge on any atom is -0.347 e. The topological polar surface area (TPSA) is 122 Å². The zero-order valence-corrected chi connectivity index (χ0v) is 18.7. The average Bonchev–Trinajstić information content (AvgIpc) is 3.47. The fourth-order valence-electron chi connectivity index (χ4n) is 4.65. The number of nitrogens with zero attached hydrogens (tertiary/aromatic N) is 1. The number of nitrogens with one attached hydrogen (secondary N) is 2. The number of Topliss-reactive ketones (excluding diaryl/α,β-unsaturated/α-hetero) is 1. The molecule has 1 aliphatic carbocycles. The van der Waals surface area contributed by atoms with E-state index in [1.807, 2.05) is 6.92 Å². The summed E-state index contributed by atoms with van der Waals surface area (Å²) in [7, 11) is 0. The third-order valence-corrected chi connectivity index (χ3v) is 6.69. The summed E-state index contributed by atoms with van der Waals surface area (Å²) < 4.78 is 0. The number of fused-ring (bicyclic) bond motifs is 1. The monoisotopic (exact) mass is 434 g/mol. The van der Waals surface area contributed by atoms with Gasteiger partial charge in [-0.25, -0.2) is 0 Å². The van der Waals surface area contributed by atoms with E-state index >= 15 is 0 Å². The van der Waals surface area contributed by atoms with Crippen molar-refractivity contribution >= 4 is 23.5 Å². The van der Waals surface area contributed by atoms with Crippen molar-refractivity contribution in [1.29, 1.82) is 0 Å². The molecule has 2 heterocycles. The van der Waals surface area contributed by atoms with Crippen LogP contribution in [0.3, 0.4) is 0 Å². The molecule has 3 amide bonds. The van der Waals surface area contributed by atoms with Crippen LogP contribution in [0.4, 0.5) is 0 Å². The maximum Gasteiger partial charge on any atom is 0.289 e. The van der Waals surface area contributed by atoms with Crippen LogP contribution < -0.4 is 16.4 Å². The maximum atomic E-state index is 13.1. The van der Waals surface area contributed by atoms with Gasteiger partial charge in [-0.3, -0.25) is 19.2 Å². The molecule has 0 spiro atoms. The van der Waals surface area contributed by atoms with E-state index in [0.717, 1.165) is 57.8 Å². The third kappa shape index (κ3) is 6.76. The Hall–Kier alpha value is -1.96. The van der Waals surface area contributed by atoms with Crippen molar-refractivity contribution in [3.63, 3.8) is 0 Å². The molecule has 0 bridgehead atoms. The lowest BCUT2D eigenvalue weighted by molar-refractivity contribution is -0.142. The van der Waals surface area contributed by atoms with Gasteiger partial charge in [0.1, 0.15) is 6.04 Å². The summed E-state index contributed by atoms with van der Waals surface area (Å²) >= 11 is 0. The lowest BCUT2D eigenvalue weighted by Crippen LogP contribution is -2.55. The van der Waals surface area contributed by atoms with Crippen molar-refractivity contribution in [1.82, 2.24) is 15.5 Å². The summed E-state index contributed by atoms with van der Waals surface area (Å²) in [6.07, 6.45) is 10.4. The number of carbonyl (C=O) groups is 4. The van der Waals surface area contributed by atoms with Crippen LogP contribution >= 0.6 is 0 Å². The van der Waals surface area contributed by atoms with Gasteiger partial charge in [-0.2, -0.15) is 0 Å². The second-order valence-corrected chi connectivity index (χ2v) is 9.68. The first-order valence-corrected chi connectivity index (χ1v) is 12.1. The van der Waals surface area contributed by atoms with Crippen LogP contribution in [0.5, 0.6) is 0 Å². The standard InChI is InChI=1S/C23H38N4O4/c1-15-13-19-21(29)26-18(20(28)22(30)25-16-11-12-16)10-8-6-4-2-3-5-7-9-17(24)23(31)27(19)14-15/h15-19H,2-14,24H2,1H3,(H,25,30)(H,26,29)/t15-,17+,18+,19+/m1/s1. The second-order valence-electron chi connectivity index (χ2n) is 9.68. The van der Waals surface area contributed by atoms with Crippen LogP contribution in [0.1, 0.15) is 84.0 Å². The van der Waals surface area contributed by atoms with Crippen LogP contribution in [0.15, 0.2) is 0 Å². The summed E-state index contributed by atoms with van der Waals surface area (Å²) in [6.45, 7) is 2.50. The van der Waals surface area contributed by atoms with E-state index in [0.29, 0.717) is 25.8 Å². The van der Waals surface area contributed by atoms with Crippen molar-refractivity contribution in [2.75, 3.05) is 6.54 Å². The van der Waals surface area contributed by atoms with Gasteiger partial charge in [-0.1, -0.05) is 51.9 Å². The van der Waals surface area contributed by atoms with E-state index in [2.05, 4.69) is 10.6 Å². The molecule has 3 rings (SSSR count). The quantitative estimate of drug-likeness (QED) is 0.580. The molecule has 4 N–H and O–H groups in total. The Morgan fingerprint density at radius 3 is 2.23 bits per heavy atom. The number of ketones is 1. The number of hydrogen-bond donors (Lipinski definition) is 3. The Morgan fingerprint density at radius 2 is 1.58 bits per heavy atom. The first-order chi connectivity index (χ1) is 14.9. The van der Waals surface area contributed by atoms with E-state index in [-0.39, 0.29) is 23.8 Å². The minimum absolute atomic E-state index is 0.0867. The molecule has 8 nitrogen and oxygen atoms in total. The summed E-state index contributed by atoms with van der Waals surface area (Å²) in [6, 6.07) is -2.00. The van der Waals surface area contributed by atoms with Gasteiger partial charge in [0.2, 0.25) is 17.6 Å². The van der Waals surface area contributed by atoms with Crippen LogP contribution in [0.2, 0.25) is 0 Å². The Morgan fingerprint density at radius 1 is 0.968 bits per heavy atom. The number of nitrogens with two attached hydrogens (primary N) is 1. The summed E-state index contributed by atoms with van der Waals surface area (Å²) in [5.74, 6) is -1.55. The Labute approximate surface area is 185 Å². The van der Waals surface area contributed by atoms with Gasteiger partial charge in [0.25, 0.3) is 5.91 Å². The SMILES string of the molecule is C[C@@H]1C[C@H]2C(=O)N[C@H](C(=O)C(=O)NC3CC3)CCCCCCCCC[C@H](N)C(=O)N2C1. The first-order valence-electron chi connectivity index (χ1n) is 12.1. The molecule has 0 radical (unpaired) electrons. The highest BCUT2D eigenvalue weighted by Crippen LogP contribution is 2.25. The van der Waals surface area contributed by atoms with E-state index in [4.69, 9.17) is 5.73 Å². The van der Waals surface area contributed by atoms with Gasteiger partial charge >= 0.3 is 0 Å². The minimum atomic E-state index is -0.847. The largest absolute Gasteiger partial charge is 0.347 e. The molecule has 0 unspecified atom stereocenters. The molecule has 31 heavy (non-hydrogen) atoms. The first kappa shape index (κ1) is 23.7. The fraction of sp³-hybridized carbons (Fsp3) is 0.826. The molecule has 0 aromatic heterocycles. The van der Waals surface area contributed by atoms with Crippen molar-refractivity contribution in [3.05, 3.63) is 0 Å². The lowest BCUT2D eigenvalue weighted by atomic mass is 9.99. The highest BCUT2D eigenvalue weighted by atomic mass is 16.2. The van der Waals surface area contributed by atoms with Crippen molar-refractivity contribution in [3.8, 4) is 0 Å². The Kier molecular flexibility index (Phi) is 8.46. The molecular weight excluding hydrogens is 396 g/mol. The highest BCUT2D eigenvalue weighted by molar-refractivity contribution is 6.38. The van der Waals surface area contributed by atoms with Gasteiger partial charge in [-0.15, -0.1) is 0 Å². The van der Waals surface area contributed by atoms with E-state index in [1.54, 1.807) is 4.90 Å². The second kappa shape index (κ2) is 11.1. The van der Waals surface area contributed by atoms with E-state index in [1.165, 1.54) is 0 Å². The predicted molar refractivity (Wildman–Crippen MR) is 117 cm³/mol. The molecule has 0 aromatic carbocycles. The summed E-state index contributed by atoms with van der Waals surface area (Å²) in [5.41, 5.74) is 6.17. The molecule has 2 aliphatic heterocycles. The molecule has 1 saturated carbocycles. The highest BCUT2D eigenvalue weighted by Gasteiger charge is 2.41. The van der Waals surface area contributed by atoms with E-state index < -0.39 is 29.8 Å².